The predicted molar refractivity (Wildman–Crippen MR) is 120 cm³/mol. The Morgan fingerprint density at radius 2 is 1.75 bits per heavy atom. The van der Waals surface area contributed by atoms with Crippen LogP contribution in [0.2, 0.25) is 0 Å². The number of hydrogen-bond acceptors (Lipinski definition) is 6. The van der Waals surface area contributed by atoms with E-state index in [2.05, 4.69) is 21.2 Å². The number of carbonyl (C=O) groups is 4. The Balaban J connectivity index is 1.75. The van der Waals surface area contributed by atoms with E-state index in [4.69, 9.17) is 9.47 Å². The molecule has 0 atom stereocenters. The summed E-state index contributed by atoms with van der Waals surface area (Å²) < 4.78 is 11.4. The third kappa shape index (κ3) is 5.33. The van der Waals surface area contributed by atoms with Gasteiger partial charge in [0.25, 0.3) is 17.7 Å². The minimum Gasteiger partial charge on any atom is -0.493 e. The number of ether oxygens (including phenoxy) is 2. The molecule has 5 amide bonds. The van der Waals surface area contributed by atoms with E-state index in [0.29, 0.717) is 15.7 Å². The Morgan fingerprint density at radius 1 is 1.06 bits per heavy atom. The van der Waals surface area contributed by atoms with Crippen LogP contribution in [0.4, 0.5) is 10.5 Å². The monoisotopic (exact) mass is 501 g/mol. The lowest BCUT2D eigenvalue weighted by atomic mass is 10.1. The highest BCUT2D eigenvalue weighted by Gasteiger charge is 2.28. The van der Waals surface area contributed by atoms with Crippen LogP contribution >= 0.6 is 15.9 Å². The average Bonchev–Trinajstić information content (AvgIpc) is 2.72. The highest BCUT2D eigenvalue weighted by molar-refractivity contribution is 9.10. The van der Waals surface area contributed by atoms with E-state index in [1.165, 1.54) is 19.3 Å². The Bertz CT molecular complexity index is 1140. The molecule has 9 nitrogen and oxygen atoms in total. The van der Waals surface area contributed by atoms with Crippen molar-refractivity contribution in [2.75, 3.05) is 19.0 Å². The second kappa shape index (κ2) is 9.65. The summed E-state index contributed by atoms with van der Waals surface area (Å²) in [7, 11) is 1.42. The van der Waals surface area contributed by atoms with Gasteiger partial charge in [0, 0.05) is 5.69 Å². The number of urea groups is 1. The number of nitrogens with one attached hydrogen (secondary N) is 3. The van der Waals surface area contributed by atoms with Crippen LogP contribution in [0.15, 0.2) is 40.4 Å². The molecule has 1 aliphatic rings. The van der Waals surface area contributed by atoms with Crippen LogP contribution in [0.25, 0.3) is 6.08 Å². The summed E-state index contributed by atoms with van der Waals surface area (Å²) in [5, 5.41) is 6.78. The van der Waals surface area contributed by atoms with Crippen LogP contribution in [0, 0.1) is 13.8 Å². The van der Waals surface area contributed by atoms with Crippen LogP contribution < -0.4 is 25.4 Å². The molecule has 0 aromatic heterocycles. The van der Waals surface area contributed by atoms with Crippen molar-refractivity contribution in [2.45, 2.75) is 13.8 Å². The highest BCUT2D eigenvalue weighted by atomic mass is 79.9. The molecular weight excluding hydrogens is 482 g/mol. The molecule has 0 saturated carbocycles. The zero-order valence-corrected chi connectivity index (χ0v) is 19.1. The minimum atomic E-state index is -0.876. The predicted octanol–water partition coefficient (Wildman–Crippen LogP) is 2.84. The van der Waals surface area contributed by atoms with Gasteiger partial charge in [0.15, 0.2) is 18.1 Å². The van der Waals surface area contributed by atoms with E-state index in [9.17, 15) is 19.2 Å². The largest absolute Gasteiger partial charge is 0.493 e. The van der Waals surface area contributed by atoms with Gasteiger partial charge < -0.3 is 14.8 Å². The van der Waals surface area contributed by atoms with Crippen molar-refractivity contribution >= 4 is 51.4 Å². The SMILES string of the molecule is COc1cc(C=C2C(=O)NC(=O)NC2=O)cc(Br)c1OCC(=O)Nc1ccc(C)c(C)c1. The second-order valence-corrected chi connectivity index (χ2v) is 7.82. The van der Waals surface area contributed by atoms with E-state index >= 15 is 0 Å². The first-order chi connectivity index (χ1) is 15.2. The van der Waals surface area contributed by atoms with Crippen LogP contribution in [0.5, 0.6) is 11.5 Å². The number of rotatable bonds is 6. The summed E-state index contributed by atoms with van der Waals surface area (Å²) >= 11 is 3.36. The summed E-state index contributed by atoms with van der Waals surface area (Å²) in [5.74, 6) is -1.42. The van der Waals surface area contributed by atoms with Gasteiger partial charge in [-0.2, -0.15) is 0 Å². The molecule has 1 fully saturated rings. The van der Waals surface area contributed by atoms with Crippen molar-refractivity contribution < 1.29 is 28.7 Å². The number of benzene rings is 2. The number of barbiturate groups is 1. The first kappa shape index (κ1) is 23.0. The van der Waals surface area contributed by atoms with Crippen LogP contribution in [-0.2, 0) is 14.4 Å². The van der Waals surface area contributed by atoms with Crippen molar-refractivity contribution in [1.82, 2.24) is 10.6 Å². The number of methoxy groups -OCH3 is 1. The number of aryl methyl sites for hydroxylation is 2. The van der Waals surface area contributed by atoms with Gasteiger partial charge in [-0.05, 0) is 76.8 Å². The Hall–Kier alpha value is -3.66. The van der Waals surface area contributed by atoms with Crippen molar-refractivity contribution in [2.24, 2.45) is 0 Å². The fraction of sp³-hybridized carbons (Fsp3) is 0.182. The van der Waals surface area contributed by atoms with E-state index in [1.54, 1.807) is 6.07 Å². The van der Waals surface area contributed by atoms with Gasteiger partial charge in [-0.15, -0.1) is 0 Å². The van der Waals surface area contributed by atoms with Gasteiger partial charge >= 0.3 is 6.03 Å². The zero-order chi connectivity index (χ0) is 23.4. The molecule has 1 saturated heterocycles. The molecule has 0 aliphatic carbocycles. The molecule has 0 bridgehead atoms. The van der Waals surface area contributed by atoms with E-state index < -0.39 is 17.8 Å². The third-order valence-corrected chi connectivity index (χ3v) is 5.23. The van der Waals surface area contributed by atoms with Crippen LogP contribution in [0.3, 0.4) is 0 Å². The molecular formula is C22H20BrN3O6. The lowest BCUT2D eigenvalue weighted by Crippen LogP contribution is -2.51. The summed E-state index contributed by atoms with van der Waals surface area (Å²) in [5.41, 5.74) is 3.05. The maximum atomic E-state index is 12.3. The molecule has 1 heterocycles. The first-order valence-electron chi connectivity index (χ1n) is 9.43. The summed E-state index contributed by atoms with van der Waals surface area (Å²) in [4.78, 5) is 47.3. The zero-order valence-electron chi connectivity index (χ0n) is 17.5. The van der Waals surface area contributed by atoms with Gasteiger partial charge in [-0.3, -0.25) is 25.0 Å². The molecule has 166 valence electrons. The van der Waals surface area contributed by atoms with Crippen molar-refractivity contribution in [3.8, 4) is 11.5 Å². The summed E-state index contributed by atoms with van der Waals surface area (Å²) in [6.45, 7) is 3.67. The number of carbonyl (C=O) groups excluding carboxylic acids is 4. The molecule has 2 aromatic rings. The molecule has 3 N–H and O–H groups in total. The standard InChI is InChI=1S/C22H20BrN3O6/c1-11-4-5-14(6-12(11)2)24-18(27)10-32-19-16(23)8-13(9-17(19)31-3)7-15-20(28)25-22(30)26-21(15)29/h4-9H,10H2,1-3H3,(H,24,27)(H2,25,26,28,29,30). The summed E-state index contributed by atoms with van der Waals surface area (Å²) in [6, 6.07) is 7.84. The third-order valence-electron chi connectivity index (χ3n) is 4.64. The van der Waals surface area contributed by atoms with Crippen molar-refractivity contribution in [1.29, 1.82) is 0 Å². The van der Waals surface area contributed by atoms with Gasteiger partial charge in [-0.25, -0.2) is 4.79 Å². The maximum Gasteiger partial charge on any atom is 0.328 e. The number of imide groups is 2. The first-order valence-corrected chi connectivity index (χ1v) is 10.2. The van der Waals surface area contributed by atoms with Crippen molar-refractivity contribution in [3.63, 3.8) is 0 Å². The minimum absolute atomic E-state index is 0.236. The molecule has 32 heavy (non-hydrogen) atoms. The van der Waals surface area contributed by atoms with Crippen LogP contribution in [-0.4, -0.2) is 37.5 Å². The van der Waals surface area contributed by atoms with Gasteiger partial charge in [0.1, 0.15) is 5.57 Å². The Labute approximate surface area is 192 Å². The van der Waals surface area contributed by atoms with Gasteiger partial charge in [-0.1, -0.05) is 6.07 Å². The second-order valence-electron chi connectivity index (χ2n) is 6.97. The molecule has 0 radical (unpaired) electrons. The maximum absolute atomic E-state index is 12.3. The molecule has 10 heteroatoms. The van der Waals surface area contributed by atoms with Crippen LogP contribution in [0.1, 0.15) is 16.7 Å². The van der Waals surface area contributed by atoms with Gasteiger partial charge in [0.2, 0.25) is 0 Å². The van der Waals surface area contributed by atoms with E-state index in [1.807, 2.05) is 42.7 Å². The number of amides is 5. The van der Waals surface area contributed by atoms with E-state index in [0.717, 1.165) is 11.1 Å². The fourth-order valence-electron chi connectivity index (χ4n) is 2.89. The molecule has 0 spiro atoms. The average molecular weight is 502 g/mol. The molecule has 1 aliphatic heterocycles. The molecule has 3 rings (SSSR count). The molecule has 0 unspecified atom stereocenters. The Morgan fingerprint density at radius 3 is 2.38 bits per heavy atom. The van der Waals surface area contributed by atoms with Gasteiger partial charge in [0.05, 0.1) is 11.6 Å². The number of anilines is 1. The smallest absolute Gasteiger partial charge is 0.328 e. The highest BCUT2D eigenvalue weighted by Crippen LogP contribution is 2.37. The summed E-state index contributed by atoms with van der Waals surface area (Å²) in [6.07, 6.45) is 1.31. The van der Waals surface area contributed by atoms with Crippen molar-refractivity contribution in [3.05, 3.63) is 57.1 Å². The quantitative estimate of drug-likeness (QED) is 0.413. The lowest BCUT2D eigenvalue weighted by Gasteiger charge is -2.16. The Kier molecular flexibility index (Phi) is 6.94. The lowest BCUT2D eigenvalue weighted by molar-refractivity contribution is -0.124. The van der Waals surface area contributed by atoms with E-state index in [-0.39, 0.29) is 29.6 Å². The fourth-order valence-corrected chi connectivity index (χ4v) is 3.46. The number of halogens is 1. The topological polar surface area (TPSA) is 123 Å². The number of hydrogen-bond donors (Lipinski definition) is 3. The molecule has 2 aromatic carbocycles. The normalized spacial score (nSPS) is 13.2.